The van der Waals surface area contributed by atoms with Crippen molar-refractivity contribution in [2.24, 2.45) is 0 Å². The highest BCUT2D eigenvalue weighted by atomic mass is 32.1. The molecule has 0 saturated heterocycles. The zero-order valence-electron chi connectivity index (χ0n) is 10.2. The summed E-state index contributed by atoms with van der Waals surface area (Å²) in [6.07, 6.45) is 0. The number of rotatable bonds is 5. The van der Waals surface area contributed by atoms with E-state index in [1.165, 1.54) is 16.2 Å². The van der Waals surface area contributed by atoms with Crippen LogP contribution in [-0.2, 0) is 4.79 Å². The molecule has 2 amide bonds. The van der Waals surface area contributed by atoms with Gasteiger partial charge in [0, 0.05) is 11.9 Å². The Balaban J connectivity index is 2.64. The first-order valence-corrected chi connectivity index (χ1v) is 6.25. The molecule has 2 atom stereocenters. The third-order valence-corrected chi connectivity index (χ3v) is 3.68. The molecule has 0 spiro atoms. The van der Waals surface area contributed by atoms with Gasteiger partial charge in [0.05, 0.1) is 12.6 Å². The first kappa shape index (κ1) is 14.5. The van der Waals surface area contributed by atoms with Crippen molar-refractivity contribution >= 4 is 23.3 Å². The van der Waals surface area contributed by atoms with Crippen molar-refractivity contribution in [1.29, 1.82) is 0 Å². The molecule has 0 aliphatic rings. The van der Waals surface area contributed by atoms with Crippen molar-refractivity contribution < 1.29 is 19.8 Å². The molecule has 100 valence electrons. The average Bonchev–Trinajstić information content (AvgIpc) is 2.86. The van der Waals surface area contributed by atoms with Gasteiger partial charge < -0.3 is 20.4 Å². The summed E-state index contributed by atoms with van der Waals surface area (Å²) in [4.78, 5) is 24.9. The number of nitrogens with zero attached hydrogens (tertiary/aromatic N) is 1. The Bertz CT molecular complexity index is 407. The van der Waals surface area contributed by atoms with Gasteiger partial charge in [0.15, 0.2) is 6.04 Å². The summed E-state index contributed by atoms with van der Waals surface area (Å²) in [6, 6.07) is 1.82. The number of thiophene rings is 1. The van der Waals surface area contributed by atoms with Crippen LogP contribution in [0.3, 0.4) is 0 Å². The molecule has 2 unspecified atom stereocenters. The first-order valence-electron chi connectivity index (χ1n) is 5.37. The van der Waals surface area contributed by atoms with Crippen LogP contribution in [0.15, 0.2) is 17.5 Å². The lowest BCUT2D eigenvalue weighted by atomic mass is 10.2. The lowest BCUT2D eigenvalue weighted by molar-refractivity contribution is -0.140. The third kappa shape index (κ3) is 3.44. The van der Waals surface area contributed by atoms with Gasteiger partial charge in [0.2, 0.25) is 0 Å². The highest BCUT2D eigenvalue weighted by molar-refractivity contribution is 7.10. The summed E-state index contributed by atoms with van der Waals surface area (Å²) in [5, 5.41) is 21.7. The molecule has 0 bridgehead atoms. The van der Waals surface area contributed by atoms with Crippen molar-refractivity contribution in [3.63, 3.8) is 0 Å². The molecule has 0 aromatic carbocycles. The number of urea groups is 1. The van der Waals surface area contributed by atoms with Gasteiger partial charge in [-0.1, -0.05) is 6.07 Å². The molecule has 7 heteroatoms. The van der Waals surface area contributed by atoms with E-state index in [-0.39, 0.29) is 6.04 Å². The number of carboxylic acids is 1. The summed E-state index contributed by atoms with van der Waals surface area (Å²) in [5.41, 5.74) is 0. The fourth-order valence-corrected chi connectivity index (χ4v) is 2.16. The van der Waals surface area contributed by atoms with E-state index in [0.29, 0.717) is 0 Å². The Labute approximate surface area is 109 Å². The third-order valence-electron chi connectivity index (χ3n) is 2.63. The zero-order chi connectivity index (χ0) is 13.7. The molecule has 1 aromatic heterocycles. The number of carbonyl (C=O) groups excluding carboxylic acids is 1. The Morgan fingerprint density at radius 1 is 1.56 bits per heavy atom. The van der Waals surface area contributed by atoms with Crippen LogP contribution in [0.5, 0.6) is 0 Å². The quantitative estimate of drug-likeness (QED) is 0.742. The van der Waals surface area contributed by atoms with Crippen LogP contribution in [0.4, 0.5) is 4.79 Å². The number of hydrogen-bond acceptors (Lipinski definition) is 4. The maximum absolute atomic E-state index is 11.8. The van der Waals surface area contributed by atoms with Gasteiger partial charge in [-0.3, -0.25) is 0 Å². The molecule has 0 aliphatic heterocycles. The highest BCUT2D eigenvalue weighted by Gasteiger charge is 2.23. The Kier molecular flexibility index (Phi) is 5.11. The number of carbonyl (C=O) groups is 2. The topological polar surface area (TPSA) is 89.9 Å². The molecule has 0 fully saturated rings. The molecule has 1 heterocycles. The largest absolute Gasteiger partial charge is 0.480 e. The predicted molar refractivity (Wildman–Crippen MR) is 67.5 cm³/mol. The fourth-order valence-electron chi connectivity index (χ4n) is 1.33. The number of aliphatic carboxylic acids is 1. The lowest BCUT2D eigenvalue weighted by Gasteiger charge is -2.25. The average molecular weight is 272 g/mol. The summed E-state index contributed by atoms with van der Waals surface area (Å²) in [6.45, 7) is 1.21. The van der Waals surface area contributed by atoms with Gasteiger partial charge in [-0.05, 0) is 18.4 Å². The minimum atomic E-state index is -1.28. The van der Waals surface area contributed by atoms with E-state index in [1.807, 2.05) is 24.4 Å². The SMILES string of the molecule is CC(c1cccs1)N(C)C(=O)NC(CO)C(=O)O. The highest BCUT2D eigenvalue weighted by Crippen LogP contribution is 2.23. The molecule has 3 N–H and O–H groups in total. The maximum Gasteiger partial charge on any atom is 0.328 e. The second kappa shape index (κ2) is 6.36. The predicted octanol–water partition coefficient (Wildman–Crippen LogP) is 0.896. The number of nitrogens with one attached hydrogen (secondary N) is 1. The van der Waals surface area contributed by atoms with Crippen LogP contribution in [0.2, 0.25) is 0 Å². The van der Waals surface area contributed by atoms with Crippen molar-refractivity contribution in [2.75, 3.05) is 13.7 Å². The number of amides is 2. The van der Waals surface area contributed by atoms with Crippen LogP contribution in [0, 0.1) is 0 Å². The van der Waals surface area contributed by atoms with Crippen LogP contribution in [0.25, 0.3) is 0 Å². The van der Waals surface area contributed by atoms with Crippen LogP contribution < -0.4 is 5.32 Å². The van der Waals surface area contributed by atoms with Gasteiger partial charge in [-0.15, -0.1) is 11.3 Å². The van der Waals surface area contributed by atoms with Crippen LogP contribution in [-0.4, -0.2) is 46.8 Å². The molecular formula is C11H16N2O4S. The monoisotopic (exact) mass is 272 g/mol. The van der Waals surface area contributed by atoms with Crippen molar-refractivity contribution in [2.45, 2.75) is 19.0 Å². The van der Waals surface area contributed by atoms with E-state index in [4.69, 9.17) is 10.2 Å². The normalized spacial score (nSPS) is 13.7. The maximum atomic E-state index is 11.8. The van der Waals surface area contributed by atoms with Gasteiger partial charge in [-0.25, -0.2) is 9.59 Å². The van der Waals surface area contributed by atoms with Crippen molar-refractivity contribution in [1.82, 2.24) is 10.2 Å². The summed E-state index contributed by atoms with van der Waals surface area (Å²) in [7, 11) is 1.58. The van der Waals surface area contributed by atoms with Gasteiger partial charge in [-0.2, -0.15) is 0 Å². The number of carboxylic acid groups (broad SMARTS) is 1. The second-order valence-electron chi connectivity index (χ2n) is 3.83. The summed E-state index contributed by atoms with van der Waals surface area (Å²) < 4.78 is 0. The van der Waals surface area contributed by atoms with E-state index in [2.05, 4.69) is 5.32 Å². The van der Waals surface area contributed by atoms with E-state index in [1.54, 1.807) is 7.05 Å². The molecule has 1 rings (SSSR count). The first-order chi connectivity index (χ1) is 8.47. The van der Waals surface area contributed by atoms with Crippen molar-refractivity contribution in [3.8, 4) is 0 Å². The second-order valence-corrected chi connectivity index (χ2v) is 4.80. The molecule has 1 aromatic rings. The van der Waals surface area contributed by atoms with E-state index >= 15 is 0 Å². The zero-order valence-corrected chi connectivity index (χ0v) is 11.0. The van der Waals surface area contributed by atoms with Gasteiger partial charge >= 0.3 is 12.0 Å². The standard InChI is InChI=1S/C11H16N2O4S/c1-7(9-4-3-5-18-9)13(2)11(17)12-8(6-14)10(15)16/h3-5,7-8,14H,6H2,1-2H3,(H,12,17)(H,15,16). The molecule has 0 radical (unpaired) electrons. The van der Waals surface area contributed by atoms with E-state index in [9.17, 15) is 9.59 Å². The molecule has 18 heavy (non-hydrogen) atoms. The van der Waals surface area contributed by atoms with Gasteiger partial charge in [0.25, 0.3) is 0 Å². The molecule has 0 aliphatic carbocycles. The summed E-state index contributed by atoms with van der Waals surface area (Å²) >= 11 is 1.52. The van der Waals surface area contributed by atoms with Gasteiger partial charge in [0.1, 0.15) is 0 Å². The Morgan fingerprint density at radius 2 is 2.22 bits per heavy atom. The minimum absolute atomic E-state index is 0.155. The minimum Gasteiger partial charge on any atom is -0.480 e. The lowest BCUT2D eigenvalue weighted by Crippen LogP contribution is -2.48. The number of aliphatic hydroxyl groups is 1. The molecular weight excluding hydrogens is 256 g/mol. The smallest absolute Gasteiger partial charge is 0.328 e. The summed E-state index contributed by atoms with van der Waals surface area (Å²) in [5.74, 6) is -1.26. The number of hydrogen-bond donors (Lipinski definition) is 3. The Morgan fingerprint density at radius 3 is 2.67 bits per heavy atom. The Hall–Kier alpha value is -1.60. The fraction of sp³-hybridized carbons (Fsp3) is 0.455. The van der Waals surface area contributed by atoms with Crippen molar-refractivity contribution in [3.05, 3.63) is 22.4 Å². The molecule has 0 saturated carbocycles. The number of aliphatic hydroxyl groups excluding tert-OH is 1. The molecule has 6 nitrogen and oxygen atoms in total. The van der Waals surface area contributed by atoms with Crippen LogP contribution >= 0.6 is 11.3 Å². The van der Waals surface area contributed by atoms with E-state index < -0.39 is 24.6 Å². The van der Waals surface area contributed by atoms with Crippen LogP contribution in [0.1, 0.15) is 17.8 Å². The van der Waals surface area contributed by atoms with E-state index in [0.717, 1.165) is 4.88 Å².